The van der Waals surface area contributed by atoms with E-state index >= 15 is 0 Å². The lowest BCUT2D eigenvalue weighted by Crippen LogP contribution is -2.03. The standard InChI is InChI=1S/C14H13FN2O2S2/c15-11-3-1-2-4-12(11)21(18,19)13-7-10-9(5-6-16)8-17-14(10)20-13/h1-4,7-8,17H,5-6,16H2. The number of halogens is 1. The predicted octanol–water partition coefficient (Wildman–Crippen LogP) is 2.70. The molecular formula is C14H13FN2O2S2. The Kier molecular flexibility index (Phi) is 3.56. The van der Waals surface area contributed by atoms with Crippen LogP contribution >= 0.6 is 11.3 Å². The Hall–Kier alpha value is -1.70. The Morgan fingerprint density at radius 3 is 2.76 bits per heavy atom. The summed E-state index contributed by atoms with van der Waals surface area (Å²) in [5.74, 6) is -0.739. The second-order valence-electron chi connectivity index (χ2n) is 4.59. The zero-order valence-electron chi connectivity index (χ0n) is 11.0. The maximum Gasteiger partial charge on any atom is 0.218 e. The fourth-order valence-corrected chi connectivity index (χ4v) is 5.04. The van der Waals surface area contributed by atoms with Crippen molar-refractivity contribution in [3.63, 3.8) is 0 Å². The molecule has 0 fully saturated rings. The number of thiophene rings is 1. The first-order valence-electron chi connectivity index (χ1n) is 6.33. The van der Waals surface area contributed by atoms with Gasteiger partial charge in [-0.1, -0.05) is 12.1 Å². The van der Waals surface area contributed by atoms with Crippen LogP contribution in [0.1, 0.15) is 5.56 Å². The number of nitrogens with one attached hydrogen (secondary N) is 1. The van der Waals surface area contributed by atoms with E-state index in [1.807, 2.05) is 6.20 Å². The molecule has 0 amide bonds. The molecule has 0 spiro atoms. The summed E-state index contributed by atoms with van der Waals surface area (Å²) in [6.45, 7) is 0.484. The van der Waals surface area contributed by atoms with Crippen molar-refractivity contribution in [1.82, 2.24) is 4.98 Å². The zero-order chi connectivity index (χ0) is 15.0. The summed E-state index contributed by atoms with van der Waals surface area (Å²) in [5, 5.41) is 0.834. The van der Waals surface area contributed by atoms with Gasteiger partial charge in [0.2, 0.25) is 9.84 Å². The Labute approximate surface area is 125 Å². The molecule has 3 rings (SSSR count). The largest absolute Gasteiger partial charge is 0.353 e. The van der Waals surface area contributed by atoms with E-state index in [0.29, 0.717) is 13.0 Å². The smallest absolute Gasteiger partial charge is 0.218 e. The summed E-state index contributed by atoms with van der Waals surface area (Å²) in [7, 11) is -3.84. The molecule has 7 heteroatoms. The van der Waals surface area contributed by atoms with Crippen molar-refractivity contribution in [3.8, 4) is 0 Å². The van der Waals surface area contributed by atoms with Crippen molar-refractivity contribution in [2.24, 2.45) is 5.73 Å². The molecule has 0 saturated heterocycles. The molecule has 1 aromatic carbocycles. The first kappa shape index (κ1) is 14.2. The fraction of sp³-hybridized carbons (Fsp3) is 0.143. The number of benzene rings is 1. The molecule has 0 bridgehead atoms. The maximum absolute atomic E-state index is 13.8. The number of aromatic amines is 1. The normalized spacial score (nSPS) is 12.1. The van der Waals surface area contributed by atoms with Crippen LogP contribution in [0.2, 0.25) is 0 Å². The van der Waals surface area contributed by atoms with E-state index in [1.54, 1.807) is 6.07 Å². The van der Waals surface area contributed by atoms with Gasteiger partial charge in [0.25, 0.3) is 0 Å². The lowest BCUT2D eigenvalue weighted by Gasteiger charge is -2.02. The van der Waals surface area contributed by atoms with Crippen LogP contribution in [-0.2, 0) is 16.3 Å². The number of rotatable bonds is 4. The van der Waals surface area contributed by atoms with Crippen molar-refractivity contribution in [2.75, 3.05) is 6.54 Å². The summed E-state index contributed by atoms with van der Waals surface area (Å²) in [6, 6.07) is 6.98. The Morgan fingerprint density at radius 2 is 2.05 bits per heavy atom. The van der Waals surface area contributed by atoms with Gasteiger partial charge in [0, 0.05) is 11.6 Å². The van der Waals surface area contributed by atoms with Crippen LogP contribution in [0.4, 0.5) is 4.39 Å². The first-order chi connectivity index (χ1) is 10.0. The first-order valence-corrected chi connectivity index (χ1v) is 8.63. The molecule has 110 valence electrons. The summed E-state index contributed by atoms with van der Waals surface area (Å²) in [4.78, 5) is 3.50. The minimum Gasteiger partial charge on any atom is -0.353 e. The number of aromatic nitrogens is 1. The van der Waals surface area contributed by atoms with E-state index in [1.165, 1.54) is 18.2 Å². The van der Waals surface area contributed by atoms with Crippen molar-refractivity contribution < 1.29 is 12.8 Å². The average molecular weight is 324 g/mol. The van der Waals surface area contributed by atoms with Gasteiger partial charge in [-0.3, -0.25) is 0 Å². The van der Waals surface area contributed by atoms with E-state index in [-0.39, 0.29) is 9.10 Å². The average Bonchev–Trinajstić information content (AvgIpc) is 3.02. The van der Waals surface area contributed by atoms with Gasteiger partial charge in [-0.05, 0) is 36.7 Å². The summed E-state index contributed by atoms with van der Waals surface area (Å²) >= 11 is 1.10. The third kappa shape index (κ3) is 2.37. The Balaban J connectivity index is 2.13. The molecule has 3 aromatic rings. The molecular weight excluding hydrogens is 311 g/mol. The summed E-state index contributed by atoms with van der Waals surface area (Å²) in [6.07, 6.45) is 2.49. The Morgan fingerprint density at radius 1 is 1.29 bits per heavy atom. The number of fused-ring (bicyclic) bond motifs is 1. The van der Waals surface area contributed by atoms with E-state index in [0.717, 1.165) is 33.2 Å². The van der Waals surface area contributed by atoms with Crippen molar-refractivity contribution in [1.29, 1.82) is 0 Å². The second-order valence-corrected chi connectivity index (χ2v) is 7.79. The van der Waals surface area contributed by atoms with Gasteiger partial charge in [0.05, 0.1) is 0 Å². The Bertz CT molecular complexity index is 897. The molecule has 0 saturated carbocycles. The number of nitrogens with two attached hydrogens (primary N) is 1. The second kappa shape index (κ2) is 5.25. The van der Waals surface area contributed by atoms with E-state index < -0.39 is 15.7 Å². The van der Waals surface area contributed by atoms with Crippen LogP contribution in [0.25, 0.3) is 10.2 Å². The highest BCUT2D eigenvalue weighted by Gasteiger charge is 2.24. The molecule has 0 aliphatic rings. The van der Waals surface area contributed by atoms with Crippen LogP contribution in [0.15, 0.2) is 45.6 Å². The molecule has 0 aliphatic heterocycles. The fourth-order valence-electron chi connectivity index (χ4n) is 2.21. The van der Waals surface area contributed by atoms with Crippen molar-refractivity contribution in [2.45, 2.75) is 15.5 Å². The van der Waals surface area contributed by atoms with Gasteiger partial charge in [-0.2, -0.15) is 0 Å². The molecule has 3 N–H and O–H groups in total. The maximum atomic E-state index is 13.8. The van der Waals surface area contributed by atoms with Gasteiger partial charge in [-0.25, -0.2) is 12.8 Å². The molecule has 0 atom stereocenters. The SMILES string of the molecule is NCCc1c[nH]c2sc(S(=O)(=O)c3ccccc3F)cc12. The van der Waals surface area contributed by atoms with E-state index in [9.17, 15) is 12.8 Å². The molecule has 0 aliphatic carbocycles. The van der Waals surface area contributed by atoms with Crippen molar-refractivity contribution >= 4 is 31.4 Å². The van der Waals surface area contributed by atoms with Crippen LogP contribution in [0, 0.1) is 5.82 Å². The van der Waals surface area contributed by atoms with E-state index in [2.05, 4.69) is 4.98 Å². The quantitative estimate of drug-likeness (QED) is 0.775. The number of H-pyrrole nitrogens is 1. The van der Waals surface area contributed by atoms with Gasteiger partial charge >= 0.3 is 0 Å². The minimum absolute atomic E-state index is 0.132. The number of hydrogen-bond acceptors (Lipinski definition) is 4. The highest BCUT2D eigenvalue weighted by molar-refractivity contribution is 7.93. The summed E-state index contributed by atoms with van der Waals surface area (Å²) in [5.41, 5.74) is 6.51. The highest BCUT2D eigenvalue weighted by Crippen LogP contribution is 2.34. The molecule has 0 radical (unpaired) electrons. The summed E-state index contributed by atoms with van der Waals surface area (Å²) < 4.78 is 38.9. The molecule has 21 heavy (non-hydrogen) atoms. The van der Waals surface area contributed by atoms with Gasteiger partial charge in [0.1, 0.15) is 19.8 Å². The number of sulfone groups is 1. The topological polar surface area (TPSA) is 76.0 Å². The van der Waals surface area contributed by atoms with E-state index in [4.69, 9.17) is 5.73 Å². The monoisotopic (exact) mass is 324 g/mol. The highest BCUT2D eigenvalue weighted by atomic mass is 32.2. The van der Waals surface area contributed by atoms with Crippen molar-refractivity contribution in [3.05, 3.63) is 47.9 Å². The van der Waals surface area contributed by atoms with Crippen LogP contribution in [-0.4, -0.2) is 19.9 Å². The zero-order valence-corrected chi connectivity index (χ0v) is 12.6. The molecule has 0 unspecified atom stereocenters. The lowest BCUT2D eigenvalue weighted by molar-refractivity contribution is 0.568. The third-order valence-electron chi connectivity index (χ3n) is 3.24. The molecule has 4 nitrogen and oxygen atoms in total. The van der Waals surface area contributed by atoms with Gasteiger partial charge in [0.15, 0.2) is 0 Å². The third-order valence-corrected chi connectivity index (χ3v) is 6.56. The van der Waals surface area contributed by atoms with Gasteiger partial charge < -0.3 is 10.7 Å². The number of hydrogen-bond donors (Lipinski definition) is 2. The lowest BCUT2D eigenvalue weighted by atomic mass is 10.2. The van der Waals surface area contributed by atoms with Crippen LogP contribution in [0.5, 0.6) is 0 Å². The molecule has 2 aromatic heterocycles. The van der Waals surface area contributed by atoms with Crippen LogP contribution < -0.4 is 5.73 Å². The van der Waals surface area contributed by atoms with Crippen LogP contribution in [0.3, 0.4) is 0 Å². The van der Waals surface area contributed by atoms with Gasteiger partial charge in [-0.15, -0.1) is 11.3 Å². The minimum atomic E-state index is -3.84. The molecule has 2 heterocycles. The predicted molar refractivity (Wildman–Crippen MR) is 80.8 cm³/mol.